The summed E-state index contributed by atoms with van der Waals surface area (Å²) in [6, 6.07) is 0. The Morgan fingerprint density at radius 1 is 0.870 bits per heavy atom. The third kappa shape index (κ3) is 3.38. The fourth-order valence-electron chi connectivity index (χ4n) is 1.78. The van der Waals surface area contributed by atoms with E-state index in [1.54, 1.807) is 0 Å². The van der Waals surface area contributed by atoms with Crippen molar-refractivity contribution in [2.75, 3.05) is 6.61 Å². The average molecular weight is 338 g/mol. The van der Waals surface area contributed by atoms with Gasteiger partial charge in [-0.2, -0.15) is 0 Å². The smallest absolute Gasteiger partial charge is 0.324 e. The molecule has 0 amide bonds. The molecule has 0 bridgehead atoms. The standard InChI is InChI=1S/C14H11F5O4/c1-3-5(20)6(14(22)23-4-2)13(21)7-8(15)10(17)12(19)11(18)9(7)16/h6H,3-4H2,1-2H3. The van der Waals surface area contributed by atoms with E-state index in [0.29, 0.717) is 0 Å². The van der Waals surface area contributed by atoms with Crippen molar-refractivity contribution in [3.8, 4) is 0 Å². The van der Waals surface area contributed by atoms with E-state index in [4.69, 9.17) is 0 Å². The van der Waals surface area contributed by atoms with Gasteiger partial charge in [0.1, 0.15) is 0 Å². The number of ketones is 2. The van der Waals surface area contributed by atoms with E-state index in [-0.39, 0.29) is 13.0 Å². The van der Waals surface area contributed by atoms with Gasteiger partial charge in [0.15, 0.2) is 40.8 Å². The number of Topliss-reactive ketones (excluding diaryl/α,β-unsaturated/α-hetero) is 2. The van der Waals surface area contributed by atoms with Crippen LogP contribution in [-0.2, 0) is 14.3 Å². The molecule has 0 radical (unpaired) electrons. The lowest BCUT2D eigenvalue weighted by Crippen LogP contribution is -2.34. The number of hydrogen-bond acceptors (Lipinski definition) is 4. The highest BCUT2D eigenvalue weighted by Crippen LogP contribution is 2.26. The van der Waals surface area contributed by atoms with Crippen molar-refractivity contribution >= 4 is 17.5 Å². The van der Waals surface area contributed by atoms with E-state index >= 15 is 0 Å². The summed E-state index contributed by atoms with van der Waals surface area (Å²) in [6.07, 6.45) is -0.384. The minimum atomic E-state index is -2.45. The first-order chi connectivity index (χ1) is 10.7. The Bertz CT molecular complexity index is 643. The highest BCUT2D eigenvalue weighted by molar-refractivity contribution is 6.22. The Morgan fingerprint density at radius 2 is 1.30 bits per heavy atom. The molecule has 0 aromatic heterocycles. The number of halogens is 5. The molecule has 0 saturated heterocycles. The number of benzene rings is 1. The van der Waals surface area contributed by atoms with Crippen LogP contribution in [-0.4, -0.2) is 24.1 Å². The van der Waals surface area contributed by atoms with Gasteiger partial charge in [-0.05, 0) is 6.92 Å². The number of carbonyl (C=O) groups excluding carboxylic acids is 3. The van der Waals surface area contributed by atoms with Crippen molar-refractivity contribution in [1.29, 1.82) is 0 Å². The lowest BCUT2D eigenvalue weighted by atomic mass is 9.91. The van der Waals surface area contributed by atoms with Crippen LogP contribution < -0.4 is 0 Å². The molecule has 0 heterocycles. The van der Waals surface area contributed by atoms with Gasteiger partial charge >= 0.3 is 5.97 Å². The van der Waals surface area contributed by atoms with Crippen molar-refractivity contribution < 1.29 is 41.1 Å². The summed E-state index contributed by atoms with van der Waals surface area (Å²) in [5, 5.41) is 0. The molecule has 1 rings (SSSR count). The zero-order valence-corrected chi connectivity index (χ0v) is 12.0. The van der Waals surface area contributed by atoms with E-state index < -0.39 is 58.1 Å². The fraction of sp³-hybridized carbons (Fsp3) is 0.357. The van der Waals surface area contributed by atoms with Crippen LogP contribution in [0.2, 0.25) is 0 Å². The van der Waals surface area contributed by atoms with E-state index in [0.717, 1.165) is 0 Å². The molecule has 0 saturated carbocycles. The number of ether oxygens (including phenoxy) is 1. The van der Waals surface area contributed by atoms with Crippen LogP contribution >= 0.6 is 0 Å². The van der Waals surface area contributed by atoms with Crippen molar-refractivity contribution in [2.45, 2.75) is 20.3 Å². The Morgan fingerprint density at radius 3 is 1.70 bits per heavy atom. The van der Waals surface area contributed by atoms with E-state index in [1.807, 2.05) is 0 Å². The summed E-state index contributed by atoms with van der Waals surface area (Å²) in [6.45, 7) is 2.34. The summed E-state index contributed by atoms with van der Waals surface area (Å²) in [4.78, 5) is 35.4. The summed E-state index contributed by atoms with van der Waals surface area (Å²) in [5.41, 5.74) is -1.85. The fourth-order valence-corrected chi connectivity index (χ4v) is 1.78. The maximum atomic E-state index is 13.6. The topological polar surface area (TPSA) is 60.4 Å². The van der Waals surface area contributed by atoms with Crippen LogP contribution in [0.3, 0.4) is 0 Å². The summed E-state index contributed by atoms with van der Waals surface area (Å²) in [5.74, 6) is -18.6. The maximum absolute atomic E-state index is 13.6. The largest absolute Gasteiger partial charge is 0.465 e. The van der Waals surface area contributed by atoms with Crippen molar-refractivity contribution in [1.82, 2.24) is 0 Å². The second-order valence-electron chi connectivity index (χ2n) is 4.31. The molecule has 23 heavy (non-hydrogen) atoms. The van der Waals surface area contributed by atoms with Crippen LogP contribution in [0.15, 0.2) is 0 Å². The molecule has 9 heteroatoms. The molecular weight excluding hydrogens is 327 g/mol. The SMILES string of the molecule is CCOC(=O)C(C(=O)CC)C(=O)c1c(F)c(F)c(F)c(F)c1F. The predicted octanol–water partition coefficient (Wildman–Crippen LogP) is 2.72. The third-order valence-corrected chi connectivity index (χ3v) is 2.91. The van der Waals surface area contributed by atoms with Gasteiger partial charge in [-0.3, -0.25) is 14.4 Å². The highest BCUT2D eigenvalue weighted by atomic mass is 19.2. The number of rotatable bonds is 6. The van der Waals surface area contributed by atoms with E-state index in [9.17, 15) is 36.3 Å². The third-order valence-electron chi connectivity index (χ3n) is 2.91. The van der Waals surface area contributed by atoms with Gasteiger partial charge in [0.05, 0.1) is 12.2 Å². The van der Waals surface area contributed by atoms with Gasteiger partial charge in [0, 0.05) is 6.42 Å². The second kappa shape index (κ2) is 7.30. The van der Waals surface area contributed by atoms with Gasteiger partial charge in [0.2, 0.25) is 5.82 Å². The van der Waals surface area contributed by atoms with Crippen molar-refractivity contribution in [2.24, 2.45) is 5.92 Å². The number of carbonyl (C=O) groups is 3. The Balaban J connectivity index is 3.52. The zero-order valence-electron chi connectivity index (χ0n) is 12.0. The minimum absolute atomic E-state index is 0.253. The normalized spacial score (nSPS) is 12.0. The number of esters is 1. The lowest BCUT2D eigenvalue weighted by molar-refractivity contribution is -0.149. The first-order valence-corrected chi connectivity index (χ1v) is 6.43. The van der Waals surface area contributed by atoms with Gasteiger partial charge < -0.3 is 4.74 Å². The van der Waals surface area contributed by atoms with E-state index in [1.165, 1.54) is 13.8 Å². The quantitative estimate of drug-likeness (QED) is 0.200. The van der Waals surface area contributed by atoms with Gasteiger partial charge in [-0.1, -0.05) is 6.92 Å². The van der Waals surface area contributed by atoms with Crippen molar-refractivity contribution in [3.63, 3.8) is 0 Å². The Hall–Kier alpha value is -2.32. The van der Waals surface area contributed by atoms with Crippen molar-refractivity contribution in [3.05, 3.63) is 34.6 Å². The van der Waals surface area contributed by atoms with Crippen LogP contribution in [0.1, 0.15) is 30.6 Å². The summed E-state index contributed by atoms with van der Waals surface area (Å²) < 4.78 is 71.0. The van der Waals surface area contributed by atoms with Gasteiger partial charge in [-0.25, -0.2) is 22.0 Å². The van der Waals surface area contributed by atoms with Gasteiger partial charge in [-0.15, -0.1) is 0 Å². The summed E-state index contributed by atoms with van der Waals surface area (Å²) in [7, 11) is 0. The Labute approximate surface area is 127 Å². The first-order valence-electron chi connectivity index (χ1n) is 6.43. The molecule has 126 valence electrons. The predicted molar refractivity (Wildman–Crippen MR) is 66.0 cm³/mol. The molecule has 1 atom stereocenters. The molecular formula is C14H11F5O4. The van der Waals surface area contributed by atoms with Crippen LogP contribution in [0.4, 0.5) is 22.0 Å². The monoisotopic (exact) mass is 338 g/mol. The molecule has 1 aromatic rings. The van der Waals surface area contributed by atoms with Crippen LogP contribution in [0.25, 0.3) is 0 Å². The molecule has 0 spiro atoms. The molecule has 0 fully saturated rings. The summed E-state index contributed by atoms with van der Waals surface area (Å²) >= 11 is 0. The highest BCUT2D eigenvalue weighted by Gasteiger charge is 2.40. The minimum Gasteiger partial charge on any atom is -0.465 e. The molecule has 0 N–H and O–H groups in total. The van der Waals surface area contributed by atoms with Crippen LogP contribution in [0, 0.1) is 35.0 Å². The zero-order chi connectivity index (χ0) is 17.9. The second-order valence-corrected chi connectivity index (χ2v) is 4.31. The number of hydrogen-bond donors (Lipinski definition) is 0. The molecule has 0 aliphatic rings. The molecule has 1 aromatic carbocycles. The maximum Gasteiger partial charge on any atom is 0.324 e. The Kier molecular flexibility index (Phi) is 5.94. The first kappa shape index (κ1) is 18.7. The average Bonchev–Trinajstić information content (AvgIpc) is 2.51. The molecule has 0 aliphatic heterocycles. The molecule has 1 unspecified atom stereocenters. The van der Waals surface area contributed by atoms with E-state index in [2.05, 4.69) is 4.74 Å². The molecule has 4 nitrogen and oxygen atoms in total. The molecule has 0 aliphatic carbocycles. The van der Waals surface area contributed by atoms with Crippen LogP contribution in [0.5, 0.6) is 0 Å². The van der Waals surface area contributed by atoms with Gasteiger partial charge in [0.25, 0.3) is 0 Å². The lowest BCUT2D eigenvalue weighted by Gasteiger charge is -2.14.